The third kappa shape index (κ3) is 4.60. The molecule has 3 rings (SSSR count). The van der Waals surface area contributed by atoms with Gasteiger partial charge in [0.25, 0.3) is 5.91 Å². The van der Waals surface area contributed by atoms with Crippen LogP contribution < -0.4 is 19.9 Å². The third-order valence-corrected chi connectivity index (χ3v) is 6.52. The van der Waals surface area contributed by atoms with Gasteiger partial charge in [-0.25, -0.2) is 8.42 Å². The number of nitrogens with zero attached hydrogens (tertiary/aromatic N) is 2. The Kier molecular flexibility index (Phi) is 6.23. The van der Waals surface area contributed by atoms with Gasteiger partial charge in [0.1, 0.15) is 33.9 Å². The topological polar surface area (TPSA) is 121 Å². The first kappa shape index (κ1) is 20.9. The molecule has 1 saturated heterocycles. The number of hydrogen-bond acceptors (Lipinski definition) is 7. The van der Waals surface area contributed by atoms with Crippen LogP contribution in [0.2, 0.25) is 0 Å². The molecule has 10 heteroatoms. The summed E-state index contributed by atoms with van der Waals surface area (Å²) in [6.07, 6.45) is 2.37. The first-order valence-electron chi connectivity index (χ1n) is 9.00. The Morgan fingerprint density at radius 1 is 1.17 bits per heavy atom. The molecule has 1 aliphatic heterocycles. The van der Waals surface area contributed by atoms with Crippen molar-refractivity contribution >= 4 is 15.9 Å². The summed E-state index contributed by atoms with van der Waals surface area (Å²) in [5.41, 5.74) is 5.33. The summed E-state index contributed by atoms with van der Waals surface area (Å²) < 4.78 is 44.0. The van der Waals surface area contributed by atoms with Crippen molar-refractivity contribution in [2.75, 3.05) is 27.3 Å². The van der Waals surface area contributed by atoms with Crippen LogP contribution in [0.1, 0.15) is 23.3 Å². The minimum Gasteiger partial charge on any atom is -0.497 e. The van der Waals surface area contributed by atoms with Gasteiger partial charge in [0.15, 0.2) is 0 Å². The highest BCUT2D eigenvalue weighted by molar-refractivity contribution is 7.89. The molecular formula is C19H23N3O6S. The van der Waals surface area contributed by atoms with E-state index in [-0.39, 0.29) is 29.0 Å². The monoisotopic (exact) mass is 421 g/mol. The molecule has 0 radical (unpaired) electrons. The fraction of sp³-hybridized carbons (Fsp3) is 0.368. The Labute approximate surface area is 169 Å². The number of nitrogens with two attached hydrogens (primary N) is 1. The number of sulfonamides is 1. The van der Waals surface area contributed by atoms with Gasteiger partial charge in [-0.2, -0.15) is 4.31 Å². The molecule has 9 nitrogen and oxygen atoms in total. The van der Waals surface area contributed by atoms with Crippen LogP contribution in [0.25, 0.3) is 0 Å². The summed E-state index contributed by atoms with van der Waals surface area (Å²) in [5.74, 6) is 0.478. The van der Waals surface area contributed by atoms with E-state index in [1.807, 2.05) is 0 Å². The predicted octanol–water partition coefficient (Wildman–Crippen LogP) is 1.43. The maximum Gasteiger partial charge on any atom is 0.267 e. The predicted molar refractivity (Wildman–Crippen MR) is 105 cm³/mol. The first-order valence-corrected chi connectivity index (χ1v) is 10.4. The van der Waals surface area contributed by atoms with Crippen molar-refractivity contribution in [3.63, 3.8) is 0 Å². The van der Waals surface area contributed by atoms with Gasteiger partial charge in [0.05, 0.1) is 20.8 Å². The van der Waals surface area contributed by atoms with E-state index in [0.29, 0.717) is 30.9 Å². The van der Waals surface area contributed by atoms with Crippen LogP contribution in [0.4, 0.5) is 0 Å². The highest BCUT2D eigenvalue weighted by atomic mass is 32.2. The molecule has 1 aliphatic rings. The van der Waals surface area contributed by atoms with Crippen LogP contribution in [0.3, 0.4) is 0 Å². The van der Waals surface area contributed by atoms with Gasteiger partial charge in [0.2, 0.25) is 10.0 Å². The summed E-state index contributed by atoms with van der Waals surface area (Å²) in [5, 5.41) is 0. The molecule has 1 fully saturated rings. The molecule has 2 heterocycles. The Hall–Kier alpha value is -2.85. The smallest absolute Gasteiger partial charge is 0.267 e. The maximum atomic E-state index is 13.2. The number of carbonyl (C=O) groups excluding carboxylic acids is 1. The molecular weight excluding hydrogens is 398 g/mol. The van der Waals surface area contributed by atoms with E-state index in [1.54, 1.807) is 12.1 Å². The highest BCUT2D eigenvalue weighted by Gasteiger charge is 2.33. The molecule has 156 valence electrons. The zero-order chi connectivity index (χ0) is 21.0. The number of methoxy groups -OCH3 is 2. The summed E-state index contributed by atoms with van der Waals surface area (Å²) >= 11 is 0. The van der Waals surface area contributed by atoms with Crippen molar-refractivity contribution in [1.29, 1.82) is 0 Å². The van der Waals surface area contributed by atoms with E-state index < -0.39 is 15.9 Å². The SMILES string of the molecule is COc1ccc(S(=O)(=O)N2CCCC(Oc3ccnc(C(N)=O)c3)C2)c(OC)c1. The Morgan fingerprint density at radius 2 is 1.97 bits per heavy atom. The zero-order valence-electron chi connectivity index (χ0n) is 16.2. The molecule has 1 aromatic heterocycles. The number of benzene rings is 1. The second-order valence-electron chi connectivity index (χ2n) is 6.50. The Morgan fingerprint density at radius 3 is 2.66 bits per heavy atom. The molecule has 1 amide bonds. The molecule has 0 aliphatic carbocycles. The van der Waals surface area contributed by atoms with Crippen LogP contribution in [0.5, 0.6) is 17.2 Å². The van der Waals surface area contributed by atoms with Gasteiger partial charge in [-0.05, 0) is 31.0 Å². The van der Waals surface area contributed by atoms with Crippen molar-refractivity contribution in [3.05, 3.63) is 42.2 Å². The van der Waals surface area contributed by atoms with Gasteiger partial charge in [-0.1, -0.05) is 0 Å². The minimum atomic E-state index is -3.79. The molecule has 0 saturated carbocycles. The quantitative estimate of drug-likeness (QED) is 0.718. The molecule has 1 unspecified atom stereocenters. The lowest BCUT2D eigenvalue weighted by molar-refractivity contribution is 0.0993. The molecule has 2 N–H and O–H groups in total. The van der Waals surface area contributed by atoms with Crippen molar-refractivity contribution in [2.45, 2.75) is 23.8 Å². The third-order valence-electron chi connectivity index (χ3n) is 4.62. The lowest BCUT2D eigenvalue weighted by Gasteiger charge is -2.32. The normalized spacial score (nSPS) is 17.5. The Balaban J connectivity index is 1.79. The second kappa shape index (κ2) is 8.66. The fourth-order valence-electron chi connectivity index (χ4n) is 3.16. The number of amides is 1. The number of carbonyl (C=O) groups is 1. The number of rotatable bonds is 7. The van der Waals surface area contributed by atoms with Crippen LogP contribution >= 0.6 is 0 Å². The van der Waals surface area contributed by atoms with E-state index in [4.69, 9.17) is 19.9 Å². The number of aromatic nitrogens is 1. The van der Waals surface area contributed by atoms with Gasteiger partial charge in [-0.3, -0.25) is 9.78 Å². The number of ether oxygens (including phenoxy) is 3. The zero-order valence-corrected chi connectivity index (χ0v) is 17.0. The largest absolute Gasteiger partial charge is 0.497 e. The molecule has 0 bridgehead atoms. The van der Waals surface area contributed by atoms with Crippen LogP contribution in [0, 0.1) is 0 Å². The van der Waals surface area contributed by atoms with E-state index in [2.05, 4.69) is 4.98 Å². The molecule has 29 heavy (non-hydrogen) atoms. The first-order chi connectivity index (χ1) is 13.8. The standard InChI is InChI=1S/C19H23N3O6S/c1-26-13-5-6-18(17(11-13)27-2)29(24,25)22-9-3-4-15(12-22)28-14-7-8-21-16(10-14)19(20)23/h5-8,10-11,15H,3-4,9,12H2,1-2H3,(H2,20,23). The average Bonchev–Trinajstić information content (AvgIpc) is 2.73. The maximum absolute atomic E-state index is 13.2. The average molecular weight is 421 g/mol. The van der Waals surface area contributed by atoms with Crippen LogP contribution in [0.15, 0.2) is 41.4 Å². The fourth-order valence-corrected chi connectivity index (χ4v) is 4.80. The highest BCUT2D eigenvalue weighted by Crippen LogP contribution is 2.32. The van der Waals surface area contributed by atoms with E-state index in [0.717, 1.165) is 0 Å². The summed E-state index contributed by atoms with van der Waals surface area (Å²) in [6.45, 7) is 0.548. The second-order valence-corrected chi connectivity index (χ2v) is 8.41. The minimum absolute atomic E-state index is 0.0707. The van der Waals surface area contributed by atoms with Gasteiger partial charge in [0, 0.05) is 24.9 Å². The van der Waals surface area contributed by atoms with Crippen LogP contribution in [-0.2, 0) is 10.0 Å². The molecule has 2 aromatic rings. The number of primary amides is 1. The van der Waals surface area contributed by atoms with Crippen molar-refractivity contribution < 1.29 is 27.4 Å². The van der Waals surface area contributed by atoms with Crippen molar-refractivity contribution in [3.8, 4) is 17.2 Å². The van der Waals surface area contributed by atoms with E-state index in [9.17, 15) is 13.2 Å². The lowest BCUT2D eigenvalue weighted by atomic mass is 10.1. The number of hydrogen-bond donors (Lipinski definition) is 1. The number of pyridine rings is 1. The van der Waals surface area contributed by atoms with Gasteiger partial charge < -0.3 is 19.9 Å². The molecule has 0 spiro atoms. The van der Waals surface area contributed by atoms with Gasteiger partial charge >= 0.3 is 0 Å². The summed E-state index contributed by atoms with van der Waals surface area (Å²) in [6, 6.07) is 7.64. The number of piperidine rings is 1. The lowest BCUT2D eigenvalue weighted by Crippen LogP contribution is -2.44. The van der Waals surface area contributed by atoms with Crippen LogP contribution in [-0.4, -0.2) is 57.0 Å². The van der Waals surface area contributed by atoms with E-state index in [1.165, 1.54) is 42.9 Å². The summed E-state index contributed by atoms with van der Waals surface area (Å²) in [4.78, 5) is 15.2. The van der Waals surface area contributed by atoms with E-state index >= 15 is 0 Å². The summed E-state index contributed by atoms with van der Waals surface area (Å²) in [7, 11) is -0.880. The van der Waals surface area contributed by atoms with Gasteiger partial charge in [-0.15, -0.1) is 0 Å². The van der Waals surface area contributed by atoms with Crippen molar-refractivity contribution in [2.24, 2.45) is 5.73 Å². The van der Waals surface area contributed by atoms with Crippen molar-refractivity contribution in [1.82, 2.24) is 9.29 Å². The molecule has 1 aromatic carbocycles. The molecule has 1 atom stereocenters. The Bertz CT molecular complexity index is 995.